The van der Waals surface area contributed by atoms with Crippen molar-refractivity contribution in [3.8, 4) is 5.75 Å². The number of nitro groups is 1. The molecule has 0 radical (unpaired) electrons. The average Bonchev–Trinajstić information content (AvgIpc) is 2.66. The number of hydrogen-bond acceptors (Lipinski definition) is 5. The molecule has 8 nitrogen and oxygen atoms in total. The molecule has 2 N–H and O–H groups in total. The summed E-state index contributed by atoms with van der Waals surface area (Å²) < 4.78 is 5.11. The number of fused-ring (bicyclic) bond motifs is 1. The molecule has 2 aromatic rings. The van der Waals surface area contributed by atoms with E-state index >= 15 is 0 Å². The first-order valence-corrected chi connectivity index (χ1v) is 8.53. The van der Waals surface area contributed by atoms with Crippen molar-refractivity contribution in [1.29, 1.82) is 0 Å². The van der Waals surface area contributed by atoms with Crippen LogP contribution in [0.1, 0.15) is 21.5 Å². The van der Waals surface area contributed by atoms with Crippen LogP contribution in [-0.2, 0) is 13.0 Å². The van der Waals surface area contributed by atoms with Crippen LogP contribution in [0, 0.1) is 10.1 Å². The number of thiocarbonyl (C=S) groups is 1. The highest BCUT2D eigenvalue weighted by molar-refractivity contribution is 7.80. The summed E-state index contributed by atoms with van der Waals surface area (Å²) in [5, 5.41) is 23.7. The second-order valence-corrected chi connectivity index (χ2v) is 6.42. The molecule has 0 aromatic heterocycles. The van der Waals surface area contributed by atoms with E-state index in [0.717, 1.165) is 17.5 Å². The van der Waals surface area contributed by atoms with Gasteiger partial charge in [-0.05, 0) is 41.9 Å². The van der Waals surface area contributed by atoms with E-state index in [0.29, 0.717) is 23.9 Å². The highest BCUT2D eigenvalue weighted by Crippen LogP contribution is 2.26. The minimum absolute atomic E-state index is 0.0588. The Kier molecular flexibility index (Phi) is 5.22. The predicted octanol–water partition coefficient (Wildman–Crippen LogP) is 3.06. The van der Waals surface area contributed by atoms with Crippen molar-refractivity contribution in [2.75, 3.05) is 19.0 Å². The number of nitro benzene ring substituents is 1. The molecule has 1 heterocycles. The summed E-state index contributed by atoms with van der Waals surface area (Å²) >= 11 is 5.46. The van der Waals surface area contributed by atoms with E-state index in [4.69, 9.17) is 22.1 Å². The summed E-state index contributed by atoms with van der Waals surface area (Å²) in [5.74, 6) is -0.842. The van der Waals surface area contributed by atoms with E-state index in [1.807, 2.05) is 4.90 Å². The van der Waals surface area contributed by atoms with Gasteiger partial charge < -0.3 is 20.1 Å². The van der Waals surface area contributed by atoms with Gasteiger partial charge in [0.15, 0.2) is 5.11 Å². The molecule has 0 spiro atoms. The van der Waals surface area contributed by atoms with Crippen molar-refractivity contribution in [2.24, 2.45) is 0 Å². The van der Waals surface area contributed by atoms with Gasteiger partial charge in [0.2, 0.25) is 0 Å². The fourth-order valence-electron chi connectivity index (χ4n) is 2.98. The van der Waals surface area contributed by atoms with E-state index < -0.39 is 10.9 Å². The van der Waals surface area contributed by atoms with E-state index in [1.54, 1.807) is 24.3 Å². The van der Waals surface area contributed by atoms with Crippen LogP contribution in [0.5, 0.6) is 5.75 Å². The SMILES string of the molecule is COc1cc(NC(=S)N2CCc3ccc([N+](=O)[O-])cc3C2)ccc1C(=O)O. The van der Waals surface area contributed by atoms with Gasteiger partial charge in [0.1, 0.15) is 11.3 Å². The molecule has 0 amide bonds. The van der Waals surface area contributed by atoms with Gasteiger partial charge in [-0.25, -0.2) is 4.79 Å². The average molecular weight is 387 g/mol. The maximum absolute atomic E-state index is 11.2. The molecule has 3 rings (SSSR count). The second kappa shape index (κ2) is 7.58. The summed E-state index contributed by atoms with van der Waals surface area (Å²) in [6.07, 6.45) is 0.733. The Balaban J connectivity index is 1.75. The number of aromatic carboxylic acids is 1. The molecule has 1 aliphatic rings. The Labute approximate surface area is 160 Å². The van der Waals surface area contributed by atoms with E-state index in [9.17, 15) is 14.9 Å². The Morgan fingerprint density at radius 1 is 1.30 bits per heavy atom. The van der Waals surface area contributed by atoms with Gasteiger partial charge in [-0.15, -0.1) is 0 Å². The number of carboxylic acid groups (broad SMARTS) is 1. The molecule has 9 heteroatoms. The van der Waals surface area contributed by atoms with Crippen molar-refractivity contribution in [3.63, 3.8) is 0 Å². The van der Waals surface area contributed by atoms with Crippen molar-refractivity contribution in [2.45, 2.75) is 13.0 Å². The minimum Gasteiger partial charge on any atom is -0.496 e. The summed E-state index contributed by atoms with van der Waals surface area (Å²) in [4.78, 5) is 23.7. The maximum atomic E-state index is 11.2. The molecule has 140 valence electrons. The molecule has 0 unspecified atom stereocenters. The van der Waals surface area contributed by atoms with Crippen LogP contribution >= 0.6 is 12.2 Å². The number of nitrogens with zero attached hydrogens (tertiary/aromatic N) is 2. The molecule has 1 aliphatic heterocycles. The molecule has 0 saturated heterocycles. The van der Waals surface area contributed by atoms with Gasteiger partial charge in [-0.1, -0.05) is 6.07 Å². The lowest BCUT2D eigenvalue weighted by atomic mass is 9.99. The number of methoxy groups -OCH3 is 1. The normalized spacial score (nSPS) is 12.9. The number of carboxylic acids is 1. The van der Waals surface area contributed by atoms with Crippen LogP contribution in [0.4, 0.5) is 11.4 Å². The van der Waals surface area contributed by atoms with Gasteiger partial charge in [-0.2, -0.15) is 0 Å². The molecule has 0 bridgehead atoms. The highest BCUT2D eigenvalue weighted by Gasteiger charge is 2.21. The van der Waals surface area contributed by atoms with Crippen LogP contribution < -0.4 is 10.1 Å². The number of nitrogens with one attached hydrogen (secondary N) is 1. The topological polar surface area (TPSA) is 105 Å². The second-order valence-electron chi connectivity index (χ2n) is 6.03. The molecule has 2 aromatic carbocycles. The lowest BCUT2D eigenvalue weighted by Gasteiger charge is -2.31. The summed E-state index contributed by atoms with van der Waals surface area (Å²) in [6.45, 7) is 1.15. The van der Waals surface area contributed by atoms with Gasteiger partial charge >= 0.3 is 5.97 Å². The number of anilines is 1. The molecule has 0 aliphatic carbocycles. The number of hydrogen-bond donors (Lipinski definition) is 2. The first-order chi connectivity index (χ1) is 12.9. The third-order valence-electron chi connectivity index (χ3n) is 4.38. The third kappa shape index (κ3) is 3.98. The number of ether oxygens (including phenoxy) is 1. The molecular weight excluding hydrogens is 370 g/mol. The Hall–Kier alpha value is -3.20. The summed E-state index contributed by atoms with van der Waals surface area (Å²) in [7, 11) is 1.40. The largest absolute Gasteiger partial charge is 0.496 e. The molecule has 27 heavy (non-hydrogen) atoms. The van der Waals surface area contributed by atoms with Gasteiger partial charge in [0.25, 0.3) is 5.69 Å². The predicted molar refractivity (Wildman–Crippen MR) is 103 cm³/mol. The monoisotopic (exact) mass is 387 g/mol. The fourth-order valence-corrected chi connectivity index (χ4v) is 3.25. The lowest BCUT2D eigenvalue weighted by molar-refractivity contribution is -0.385. The van der Waals surface area contributed by atoms with Crippen LogP contribution in [0.2, 0.25) is 0 Å². The number of rotatable bonds is 4. The third-order valence-corrected chi connectivity index (χ3v) is 4.74. The number of benzene rings is 2. The minimum atomic E-state index is -1.07. The summed E-state index contributed by atoms with van der Waals surface area (Å²) in [5.41, 5.74) is 2.67. The number of non-ortho nitro benzene ring substituents is 1. The Morgan fingerprint density at radius 3 is 2.74 bits per heavy atom. The Morgan fingerprint density at radius 2 is 2.07 bits per heavy atom. The zero-order valence-corrected chi connectivity index (χ0v) is 15.3. The van der Waals surface area contributed by atoms with Crippen LogP contribution in [0.3, 0.4) is 0 Å². The van der Waals surface area contributed by atoms with Crippen LogP contribution in [0.15, 0.2) is 36.4 Å². The van der Waals surface area contributed by atoms with Gasteiger partial charge in [0.05, 0.1) is 12.0 Å². The first-order valence-electron chi connectivity index (χ1n) is 8.12. The van der Waals surface area contributed by atoms with Crippen molar-refractivity contribution in [1.82, 2.24) is 4.90 Å². The van der Waals surface area contributed by atoms with Crippen molar-refractivity contribution < 1.29 is 19.6 Å². The standard InChI is InChI=1S/C18H17N3O5S/c1-26-16-9-13(3-5-15(16)17(22)23)19-18(27)20-7-6-11-2-4-14(21(24)25)8-12(11)10-20/h2-5,8-9H,6-7,10H2,1H3,(H,19,27)(H,22,23). The zero-order chi connectivity index (χ0) is 19.6. The van der Waals surface area contributed by atoms with Crippen LogP contribution in [-0.4, -0.2) is 39.7 Å². The van der Waals surface area contributed by atoms with Crippen LogP contribution in [0.25, 0.3) is 0 Å². The van der Waals surface area contributed by atoms with Gasteiger partial charge in [0, 0.05) is 37.0 Å². The molecule has 0 saturated carbocycles. The maximum Gasteiger partial charge on any atom is 0.339 e. The van der Waals surface area contributed by atoms with E-state index in [-0.39, 0.29) is 17.0 Å². The smallest absolute Gasteiger partial charge is 0.339 e. The van der Waals surface area contributed by atoms with Gasteiger partial charge in [-0.3, -0.25) is 10.1 Å². The Bertz CT molecular complexity index is 931. The highest BCUT2D eigenvalue weighted by atomic mass is 32.1. The quantitative estimate of drug-likeness (QED) is 0.469. The fraction of sp³-hybridized carbons (Fsp3) is 0.222. The summed E-state index contributed by atoms with van der Waals surface area (Å²) in [6, 6.07) is 9.51. The first kappa shape index (κ1) is 18.6. The van der Waals surface area contributed by atoms with E-state index in [2.05, 4.69) is 5.32 Å². The zero-order valence-electron chi connectivity index (χ0n) is 14.5. The van der Waals surface area contributed by atoms with Crippen molar-refractivity contribution >= 4 is 34.7 Å². The number of carbonyl (C=O) groups is 1. The van der Waals surface area contributed by atoms with E-state index in [1.165, 1.54) is 19.2 Å². The molecule has 0 fully saturated rings. The lowest BCUT2D eigenvalue weighted by Crippen LogP contribution is -2.38. The molecule has 0 atom stereocenters. The molecular formula is C18H17N3O5S. The van der Waals surface area contributed by atoms with Crippen molar-refractivity contribution in [3.05, 3.63) is 63.2 Å².